The maximum atomic E-state index is 11.1. The highest BCUT2D eigenvalue weighted by Crippen LogP contribution is 2.28. The van der Waals surface area contributed by atoms with Crippen LogP contribution < -0.4 is 0 Å². The Kier molecular flexibility index (Phi) is 2.23. The van der Waals surface area contributed by atoms with Crippen LogP contribution in [0.25, 0.3) is 0 Å². The van der Waals surface area contributed by atoms with Crippen molar-refractivity contribution >= 4 is 22.8 Å². The zero-order valence-electron chi connectivity index (χ0n) is 6.88. The van der Waals surface area contributed by atoms with Gasteiger partial charge >= 0.3 is 5.97 Å². The van der Waals surface area contributed by atoms with E-state index in [1.807, 2.05) is 6.92 Å². The SMILES string of the molecule is COC(=O)C1(C)CSC(C)=N1. The molecule has 1 unspecified atom stereocenters. The van der Waals surface area contributed by atoms with E-state index in [9.17, 15) is 4.79 Å². The summed E-state index contributed by atoms with van der Waals surface area (Å²) in [5, 5.41) is 0.956. The monoisotopic (exact) mass is 173 g/mol. The number of nitrogens with zero attached hydrogens (tertiary/aromatic N) is 1. The minimum atomic E-state index is -0.635. The van der Waals surface area contributed by atoms with Crippen LogP contribution in [-0.4, -0.2) is 29.4 Å². The molecule has 0 saturated heterocycles. The summed E-state index contributed by atoms with van der Waals surface area (Å²) in [6, 6.07) is 0. The van der Waals surface area contributed by atoms with Gasteiger partial charge in [-0.1, -0.05) is 0 Å². The molecule has 1 atom stereocenters. The lowest BCUT2D eigenvalue weighted by Gasteiger charge is -2.15. The molecule has 0 aromatic carbocycles. The number of esters is 1. The number of carbonyl (C=O) groups is 1. The van der Waals surface area contributed by atoms with E-state index in [1.165, 1.54) is 7.11 Å². The first-order valence-electron chi connectivity index (χ1n) is 3.36. The first-order valence-corrected chi connectivity index (χ1v) is 4.35. The molecular weight excluding hydrogens is 162 g/mol. The molecule has 1 heterocycles. The number of hydrogen-bond acceptors (Lipinski definition) is 4. The van der Waals surface area contributed by atoms with Gasteiger partial charge in [0.1, 0.15) is 0 Å². The molecule has 4 heteroatoms. The second-order valence-electron chi connectivity index (χ2n) is 2.68. The van der Waals surface area contributed by atoms with Crippen molar-refractivity contribution in [3.63, 3.8) is 0 Å². The smallest absolute Gasteiger partial charge is 0.334 e. The second kappa shape index (κ2) is 2.85. The summed E-state index contributed by atoms with van der Waals surface area (Å²) in [5.74, 6) is 0.452. The van der Waals surface area contributed by atoms with Crippen LogP contribution >= 0.6 is 11.8 Å². The zero-order chi connectivity index (χ0) is 8.48. The van der Waals surface area contributed by atoms with Gasteiger partial charge in [0.05, 0.1) is 12.2 Å². The number of ether oxygens (including phenoxy) is 1. The molecule has 1 aliphatic rings. The molecule has 0 amide bonds. The third kappa shape index (κ3) is 1.56. The minimum absolute atomic E-state index is 0.248. The minimum Gasteiger partial charge on any atom is -0.467 e. The van der Waals surface area contributed by atoms with Gasteiger partial charge < -0.3 is 4.74 Å². The fraction of sp³-hybridized carbons (Fsp3) is 0.714. The van der Waals surface area contributed by atoms with E-state index in [0.717, 1.165) is 5.04 Å². The molecule has 0 bridgehead atoms. The standard InChI is InChI=1S/C7H11NO2S/c1-5-8-7(2,4-11-5)6(9)10-3/h4H2,1-3H3. The van der Waals surface area contributed by atoms with Crippen LogP contribution in [0.2, 0.25) is 0 Å². The summed E-state index contributed by atoms with van der Waals surface area (Å²) < 4.78 is 4.63. The predicted molar refractivity (Wildman–Crippen MR) is 46.0 cm³/mol. The molecule has 1 rings (SSSR count). The largest absolute Gasteiger partial charge is 0.467 e. The van der Waals surface area contributed by atoms with Crippen molar-refractivity contribution in [1.29, 1.82) is 0 Å². The Morgan fingerprint density at radius 2 is 2.45 bits per heavy atom. The van der Waals surface area contributed by atoms with Gasteiger partial charge in [0.15, 0.2) is 5.54 Å². The van der Waals surface area contributed by atoms with E-state index in [1.54, 1.807) is 18.7 Å². The fourth-order valence-corrected chi connectivity index (χ4v) is 1.92. The highest BCUT2D eigenvalue weighted by atomic mass is 32.2. The van der Waals surface area contributed by atoms with Gasteiger partial charge in [0.25, 0.3) is 0 Å². The number of methoxy groups -OCH3 is 1. The Labute approximate surface area is 70.2 Å². The molecule has 0 aliphatic carbocycles. The van der Waals surface area contributed by atoms with E-state index >= 15 is 0 Å². The molecule has 0 saturated carbocycles. The highest BCUT2D eigenvalue weighted by molar-refractivity contribution is 8.14. The summed E-state index contributed by atoms with van der Waals surface area (Å²) in [6.45, 7) is 3.70. The molecule has 0 fully saturated rings. The lowest BCUT2D eigenvalue weighted by atomic mass is 10.1. The molecule has 11 heavy (non-hydrogen) atoms. The third-order valence-electron chi connectivity index (χ3n) is 1.59. The molecule has 0 aromatic heterocycles. The maximum Gasteiger partial charge on any atom is 0.334 e. The topological polar surface area (TPSA) is 38.7 Å². The Hall–Kier alpha value is -0.510. The summed E-state index contributed by atoms with van der Waals surface area (Å²) in [4.78, 5) is 15.3. The normalized spacial score (nSPS) is 29.9. The fourth-order valence-electron chi connectivity index (χ4n) is 0.981. The molecule has 0 radical (unpaired) electrons. The van der Waals surface area contributed by atoms with E-state index in [-0.39, 0.29) is 5.97 Å². The van der Waals surface area contributed by atoms with Crippen LogP contribution in [0.3, 0.4) is 0 Å². The number of carbonyl (C=O) groups excluding carboxylic acids is 1. The van der Waals surface area contributed by atoms with E-state index < -0.39 is 5.54 Å². The van der Waals surface area contributed by atoms with Crippen molar-refractivity contribution in [1.82, 2.24) is 0 Å². The first-order chi connectivity index (χ1) is 5.08. The van der Waals surface area contributed by atoms with Gasteiger partial charge in [0.2, 0.25) is 0 Å². The summed E-state index contributed by atoms with van der Waals surface area (Å²) in [7, 11) is 1.39. The predicted octanol–water partition coefficient (Wildman–Crippen LogP) is 1.08. The van der Waals surface area contributed by atoms with Gasteiger partial charge in [-0.25, -0.2) is 4.79 Å². The lowest BCUT2D eigenvalue weighted by Crippen LogP contribution is -2.34. The zero-order valence-corrected chi connectivity index (χ0v) is 7.70. The Morgan fingerprint density at radius 1 is 1.82 bits per heavy atom. The van der Waals surface area contributed by atoms with Gasteiger partial charge in [-0.3, -0.25) is 4.99 Å². The molecular formula is C7H11NO2S. The first kappa shape index (κ1) is 8.59. The molecule has 0 aromatic rings. The quantitative estimate of drug-likeness (QED) is 0.557. The second-order valence-corrected chi connectivity index (χ2v) is 3.85. The molecule has 62 valence electrons. The van der Waals surface area contributed by atoms with Crippen LogP contribution in [0.15, 0.2) is 4.99 Å². The number of rotatable bonds is 1. The van der Waals surface area contributed by atoms with Crippen molar-refractivity contribution in [3.05, 3.63) is 0 Å². The number of hydrogen-bond donors (Lipinski definition) is 0. The van der Waals surface area contributed by atoms with Crippen LogP contribution in [0.1, 0.15) is 13.8 Å². The van der Waals surface area contributed by atoms with E-state index in [2.05, 4.69) is 9.73 Å². The van der Waals surface area contributed by atoms with Crippen LogP contribution in [0.5, 0.6) is 0 Å². The number of aliphatic imine (C=N–C) groups is 1. The summed E-state index contributed by atoms with van der Waals surface area (Å²) in [6.07, 6.45) is 0. The average molecular weight is 173 g/mol. The molecule has 0 spiro atoms. The summed E-state index contributed by atoms with van der Waals surface area (Å²) >= 11 is 1.60. The molecule has 1 aliphatic heterocycles. The maximum absolute atomic E-state index is 11.1. The van der Waals surface area contributed by atoms with Crippen LogP contribution in [-0.2, 0) is 9.53 Å². The average Bonchev–Trinajstić information content (AvgIpc) is 2.31. The van der Waals surface area contributed by atoms with Gasteiger partial charge in [-0.15, -0.1) is 11.8 Å². The van der Waals surface area contributed by atoms with Gasteiger partial charge in [-0.05, 0) is 13.8 Å². The van der Waals surface area contributed by atoms with E-state index in [0.29, 0.717) is 5.75 Å². The third-order valence-corrected chi connectivity index (χ3v) is 2.81. The Balaban J connectivity index is 2.77. The van der Waals surface area contributed by atoms with E-state index in [4.69, 9.17) is 0 Å². The molecule has 0 N–H and O–H groups in total. The van der Waals surface area contributed by atoms with Crippen molar-refractivity contribution in [3.8, 4) is 0 Å². The Morgan fingerprint density at radius 3 is 2.82 bits per heavy atom. The Bertz CT molecular complexity index is 214. The van der Waals surface area contributed by atoms with Gasteiger partial charge in [0, 0.05) is 5.75 Å². The van der Waals surface area contributed by atoms with Crippen LogP contribution in [0, 0.1) is 0 Å². The van der Waals surface area contributed by atoms with Crippen molar-refractivity contribution < 1.29 is 9.53 Å². The lowest BCUT2D eigenvalue weighted by molar-refractivity contribution is -0.145. The molecule has 3 nitrogen and oxygen atoms in total. The van der Waals surface area contributed by atoms with Crippen molar-refractivity contribution in [2.45, 2.75) is 19.4 Å². The van der Waals surface area contributed by atoms with Crippen molar-refractivity contribution in [2.24, 2.45) is 4.99 Å². The van der Waals surface area contributed by atoms with Crippen molar-refractivity contribution in [2.75, 3.05) is 12.9 Å². The highest BCUT2D eigenvalue weighted by Gasteiger charge is 2.37. The van der Waals surface area contributed by atoms with Crippen LogP contribution in [0.4, 0.5) is 0 Å². The number of thioether (sulfide) groups is 1. The van der Waals surface area contributed by atoms with Gasteiger partial charge in [-0.2, -0.15) is 0 Å². The summed E-state index contributed by atoms with van der Waals surface area (Å²) in [5.41, 5.74) is -0.635.